The van der Waals surface area contributed by atoms with Gasteiger partial charge in [0.05, 0.1) is 0 Å². The van der Waals surface area contributed by atoms with Gasteiger partial charge < -0.3 is 4.57 Å². The van der Waals surface area contributed by atoms with Crippen molar-refractivity contribution in [1.29, 1.82) is 5.26 Å². The number of halogens is 1. The first-order chi connectivity index (χ1) is 13.7. The predicted octanol–water partition coefficient (Wildman–Crippen LogP) is 5.26. The maximum absolute atomic E-state index is 12.7. The molecule has 1 N–H and O–H groups in total. The summed E-state index contributed by atoms with van der Waals surface area (Å²) in [5.41, 5.74) is 9.67. The second-order valence-corrected chi connectivity index (χ2v) is 8.01. The molecular weight excluding hydrogens is 428 g/mol. The van der Waals surface area contributed by atoms with Gasteiger partial charge in [-0.05, 0) is 82.2 Å². The van der Waals surface area contributed by atoms with Gasteiger partial charge in [-0.2, -0.15) is 5.26 Å². The number of benzene rings is 1. The van der Waals surface area contributed by atoms with Crippen molar-refractivity contribution in [2.45, 2.75) is 34.6 Å². The van der Waals surface area contributed by atoms with Gasteiger partial charge in [0.25, 0.3) is 5.91 Å². The van der Waals surface area contributed by atoms with E-state index >= 15 is 0 Å². The molecule has 0 saturated heterocycles. The standard InChI is InChI=1S/C23H23BrN4O/c1-14-6-9-21(12-22(14)24)27-17(4)10-19(18(27)5)11-20(13-25)23(29)26-28-15(2)7-8-16(28)3/h6-12H,1-5H3,(H,26,29)/b20-11-. The lowest BCUT2D eigenvalue weighted by atomic mass is 10.1. The molecule has 0 aliphatic rings. The van der Waals surface area contributed by atoms with Crippen LogP contribution in [0.15, 0.2) is 46.4 Å². The molecule has 0 spiro atoms. The van der Waals surface area contributed by atoms with Crippen molar-refractivity contribution in [1.82, 2.24) is 9.24 Å². The fourth-order valence-corrected chi connectivity index (χ4v) is 3.73. The lowest BCUT2D eigenvalue weighted by molar-refractivity contribution is -0.113. The van der Waals surface area contributed by atoms with E-state index in [2.05, 4.69) is 44.1 Å². The summed E-state index contributed by atoms with van der Waals surface area (Å²) in [4.78, 5) is 12.7. The van der Waals surface area contributed by atoms with Gasteiger partial charge in [0.15, 0.2) is 0 Å². The van der Waals surface area contributed by atoms with Crippen LogP contribution in [0.3, 0.4) is 0 Å². The number of hydrogen-bond acceptors (Lipinski definition) is 2. The van der Waals surface area contributed by atoms with Gasteiger partial charge >= 0.3 is 0 Å². The topological polar surface area (TPSA) is 62.8 Å². The highest BCUT2D eigenvalue weighted by atomic mass is 79.9. The smallest absolute Gasteiger partial charge is 0.280 e. The van der Waals surface area contributed by atoms with E-state index in [1.807, 2.05) is 58.9 Å². The molecule has 29 heavy (non-hydrogen) atoms. The van der Waals surface area contributed by atoms with E-state index in [1.165, 1.54) is 0 Å². The highest BCUT2D eigenvalue weighted by Crippen LogP contribution is 2.26. The van der Waals surface area contributed by atoms with Crippen molar-refractivity contribution in [3.8, 4) is 11.8 Å². The van der Waals surface area contributed by atoms with E-state index in [0.717, 1.165) is 44.1 Å². The Morgan fingerprint density at radius 3 is 2.28 bits per heavy atom. The number of nitrogens with one attached hydrogen (secondary N) is 1. The number of hydrogen-bond donors (Lipinski definition) is 1. The average molecular weight is 451 g/mol. The molecule has 2 heterocycles. The van der Waals surface area contributed by atoms with Gasteiger partial charge in [-0.3, -0.25) is 14.9 Å². The maximum Gasteiger partial charge on any atom is 0.280 e. The fraction of sp³-hybridized carbons (Fsp3) is 0.217. The van der Waals surface area contributed by atoms with E-state index in [9.17, 15) is 10.1 Å². The average Bonchev–Trinajstić information content (AvgIpc) is 3.14. The maximum atomic E-state index is 12.7. The summed E-state index contributed by atoms with van der Waals surface area (Å²) in [7, 11) is 0. The van der Waals surface area contributed by atoms with Crippen molar-refractivity contribution >= 4 is 27.9 Å². The van der Waals surface area contributed by atoms with Gasteiger partial charge in [-0.1, -0.05) is 22.0 Å². The van der Waals surface area contributed by atoms with Crippen LogP contribution in [0.2, 0.25) is 0 Å². The highest BCUT2D eigenvalue weighted by Gasteiger charge is 2.15. The second kappa shape index (κ2) is 8.14. The van der Waals surface area contributed by atoms with Gasteiger partial charge in [0.1, 0.15) is 11.6 Å². The second-order valence-electron chi connectivity index (χ2n) is 7.16. The van der Waals surface area contributed by atoms with Crippen molar-refractivity contribution in [3.05, 3.63) is 80.3 Å². The first-order valence-electron chi connectivity index (χ1n) is 9.26. The summed E-state index contributed by atoms with van der Waals surface area (Å²) in [5.74, 6) is -0.433. The number of nitrogens with zero attached hydrogens (tertiary/aromatic N) is 3. The SMILES string of the molecule is Cc1ccc(-n2c(C)cc(/C=C(/C#N)C(=O)Nn3c(C)ccc3C)c2C)cc1Br. The van der Waals surface area contributed by atoms with Gasteiger partial charge in [0.2, 0.25) is 0 Å². The number of carbonyl (C=O) groups is 1. The Balaban J connectivity index is 1.97. The lowest BCUT2D eigenvalue weighted by Crippen LogP contribution is -2.25. The van der Waals surface area contributed by atoms with Crippen LogP contribution in [0.25, 0.3) is 11.8 Å². The number of amides is 1. The predicted molar refractivity (Wildman–Crippen MR) is 120 cm³/mol. The molecule has 0 aliphatic heterocycles. The molecule has 3 aromatic rings. The minimum atomic E-state index is -0.433. The molecule has 0 atom stereocenters. The van der Waals surface area contributed by atoms with Crippen LogP contribution >= 0.6 is 15.9 Å². The minimum absolute atomic E-state index is 0.0582. The molecule has 148 valence electrons. The quantitative estimate of drug-likeness (QED) is 0.435. The van der Waals surface area contributed by atoms with Crippen LogP contribution < -0.4 is 5.43 Å². The van der Waals surface area contributed by atoms with E-state index in [4.69, 9.17) is 0 Å². The number of aryl methyl sites for hydroxylation is 4. The molecular formula is C23H23BrN4O. The molecule has 0 radical (unpaired) electrons. The molecule has 3 rings (SSSR count). The van der Waals surface area contributed by atoms with E-state index in [0.29, 0.717) is 0 Å². The summed E-state index contributed by atoms with van der Waals surface area (Å²) in [6, 6.07) is 14.0. The number of carbonyl (C=O) groups excluding carboxylic acids is 1. The molecule has 0 saturated carbocycles. The summed E-state index contributed by atoms with van der Waals surface area (Å²) < 4.78 is 4.83. The monoisotopic (exact) mass is 450 g/mol. The number of rotatable bonds is 4. The zero-order chi connectivity index (χ0) is 21.3. The number of nitriles is 1. The zero-order valence-electron chi connectivity index (χ0n) is 17.2. The first-order valence-corrected chi connectivity index (χ1v) is 10.1. The Morgan fingerprint density at radius 1 is 1.03 bits per heavy atom. The van der Waals surface area contributed by atoms with Crippen molar-refractivity contribution in [2.24, 2.45) is 0 Å². The van der Waals surface area contributed by atoms with Gasteiger partial charge in [-0.25, -0.2) is 0 Å². The molecule has 5 nitrogen and oxygen atoms in total. The Labute approximate surface area is 179 Å². The molecule has 2 aromatic heterocycles. The van der Waals surface area contributed by atoms with Crippen LogP contribution in [0.1, 0.15) is 33.9 Å². The number of aromatic nitrogens is 2. The molecule has 0 bridgehead atoms. The molecule has 0 fully saturated rings. The third-order valence-corrected chi connectivity index (χ3v) is 5.89. The molecule has 1 aromatic carbocycles. The van der Waals surface area contributed by atoms with E-state index in [-0.39, 0.29) is 5.57 Å². The van der Waals surface area contributed by atoms with Gasteiger partial charge in [-0.15, -0.1) is 0 Å². The van der Waals surface area contributed by atoms with Crippen LogP contribution in [-0.2, 0) is 4.79 Å². The van der Waals surface area contributed by atoms with Gasteiger partial charge in [0, 0.05) is 32.9 Å². The fourth-order valence-electron chi connectivity index (χ4n) is 3.36. The Bertz CT molecular complexity index is 1150. The van der Waals surface area contributed by atoms with E-state index < -0.39 is 5.91 Å². The third kappa shape index (κ3) is 4.06. The molecule has 1 amide bonds. The molecule has 6 heteroatoms. The summed E-state index contributed by atoms with van der Waals surface area (Å²) in [6.07, 6.45) is 1.64. The Kier molecular flexibility index (Phi) is 5.81. The summed E-state index contributed by atoms with van der Waals surface area (Å²) >= 11 is 3.59. The molecule has 0 aliphatic carbocycles. The van der Waals surface area contributed by atoms with Crippen LogP contribution in [0, 0.1) is 45.9 Å². The van der Waals surface area contributed by atoms with Crippen molar-refractivity contribution in [2.75, 3.05) is 5.43 Å². The zero-order valence-corrected chi connectivity index (χ0v) is 18.8. The Morgan fingerprint density at radius 2 is 1.69 bits per heavy atom. The van der Waals surface area contributed by atoms with Crippen LogP contribution in [0.5, 0.6) is 0 Å². The lowest BCUT2D eigenvalue weighted by Gasteiger charge is -2.12. The normalized spacial score (nSPS) is 11.4. The summed E-state index contributed by atoms with van der Waals surface area (Å²) in [5, 5.41) is 9.57. The highest BCUT2D eigenvalue weighted by molar-refractivity contribution is 9.10. The summed E-state index contributed by atoms with van der Waals surface area (Å²) in [6.45, 7) is 9.84. The third-order valence-electron chi connectivity index (χ3n) is 5.03. The van der Waals surface area contributed by atoms with Crippen LogP contribution in [0.4, 0.5) is 0 Å². The van der Waals surface area contributed by atoms with Crippen molar-refractivity contribution in [3.63, 3.8) is 0 Å². The van der Waals surface area contributed by atoms with Crippen molar-refractivity contribution < 1.29 is 4.79 Å². The van der Waals surface area contributed by atoms with E-state index in [1.54, 1.807) is 10.8 Å². The largest absolute Gasteiger partial charge is 0.318 e. The minimum Gasteiger partial charge on any atom is -0.318 e. The first kappa shape index (κ1) is 20.7. The molecule has 0 unspecified atom stereocenters. The Hall–Kier alpha value is -3.04. The van der Waals surface area contributed by atoms with Crippen LogP contribution in [-0.4, -0.2) is 15.2 Å².